The minimum absolute atomic E-state index is 0.373. The quantitative estimate of drug-likeness (QED) is 0.823. The van der Waals surface area contributed by atoms with Crippen LogP contribution in [0.2, 0.25) is 0 Å². The number of hydrogen-bond donors (Lipinski definition) is 1. The Bertz CT molecular complexity index is 415. The number of rotatable bonds is 5. The van der Waals surface area contributed by atoms with E-state index >= 15 is 0 Å². The van der Waals surface area contributed by atoms with E-state index < -0.39 is 0 Å². The lowest BCUT2D eigenvalue weighted by Crippen LogP contribution is -2.44. The second kappa shape index (κ2) is 14.1. The maximum absolute atomic E-state index is 12.6. The summed E-state index contributed by atoms with van der Waals surface area (Å²) in [5, 5.41) is 3.34. The van der Waals surface area contributed by atoms with Gasteiger partial charge in [0.05, 0.1) is 0 Å². The molecule has 0 saturated carbocycles. The third-order valence-corrected chi connectivity index (χ3v) is 4.37. The Morgan fingerprint density at radius 1 is 1.21 bits per heavy atom. The van der Waals surface area contributed by atoms with Crippen molar-refractivity contribution in [2.45, 2.75) is 33.5 Å². The van der Waals surface area contributed by atoms with Crippen molar-refractivity contribution in [1.82, 2.24) is 15.1 Å². The lowest BCUT2D eigenvalue weighted by atomic mass is 10.0. The summed E-state index contributed by atoms with van der Waals surface area (Å²) in [7, 11) is 2.11. The molecule has 1 aromatic carbocycles. The molecule has 2 rings (SSSR count). The molecule has 1 atom stereocenters. The molecule has 1 heterocycles. The van der Waals surface area contributed by atoms with E-state index in [1.165, 1.54) is 5.56 Å². The summed E-state index contributed by atoms with van der Waals surface area (Å²) in [6.45, 7) is 18.7. The first kappa shape index (κ1) is 22.8. The number of nitrogens with one attached hydrogen (secondary N) is 1. The van der Waals surface area contributed by atoms with Gasteiger partial charge in [-0.2, -0.15) is 0 Å². The van der Waals surface area contributed by atoms with Crippen LogP contribution in [0.5, 0.6) is 0 Å². The molecule has 1 N–H and O–H groups in total. The molecule has 24 heavy (non-hydrogen) atoms. The van der Waals surface area contributed by atoms with Gasteiger partial charge in [-0.3, -0.25) is 4.90 Å². The lowest BCUT2D eigenvalue weighted by molar-refractivity contribution is 0.185. The van der Waals surface area contributed by atoms with Crippen molar-refractivity contribution < 1.29 is 4.39 Å². The van der Waals surface area contributed by atoms with Gasteiger partial charge < -0.3 is 10.2 Å². The highest BCUT2D eigenvalue weighted by atomic mass is 19.1. The van der Waals surface area contributed by atoms with Crippen LogP contribution >= 0.6 is 0 Å². The molecule has 0 aromatic heterocycles. The average Bonchev–Trinajstić information content (AvgIpc) is 2.69. The normalized spacial score (nSPS) is 15.8. The van der Waals surface area contributed by atoms with Crippen molar-refractivity contribution in [1.29, 1.82) is 0 Å². The van der Waals surface area contributed by atoms with Gasteiger partial charge in [-0.15, -0.1) is 13.2 Å². The maximum Gasteiger partial charge on any atom is 0.115 e. The molecule has 1 fully saturated rings. The Morgan fingerprint density at radius 3 is 2.25 bits per heavy atom. The number of piperazine rings is 1. The van der Waals surface area contributed by atoms with Crippen LogP contribution in [-0.2, 0) is 6.67 Å². The summed E-state index contributed by atoms with van der Waals surface area (Å²) in [4.78, 5) is 4.69. The Balaban J connectivity index is 0.000000563. The molecular weight excluding hydrogens is 301 g/mol. The largest absolute Gasteiger partial charge is 0.314 e. The molecule has 1 aliphatic rings. The van der Waals surface area contributed by atoms with Crippen LogP contribution in [0.3, 0.4) is 0 Å². The fourth-order valence-corrected chi connectivity index (χ4v) is 2.44. The van der Waals surface area contributed by atoms with E-state index in [2.05, 4.69) is 62.2 Å². The van der Waals surface area contributed by atoms with Gasteiger partial charge in [0.2, 0.25) is 0 Å². The lowest BCUT2D eigenvalue weighted by Gasteiger charge is -2.33. The summed E-state index contributed by atoms with van der Waals surface area (Å²) in [6, 6.07) is 8.24. The van der Waals surface area contributed by atoms with Gasteiger partial charge >= 0.3 is 0 Å². The van der Waals surface area contributed by atoms with E-state index in [4.69, 9.17) is 0 Å². The van der Waals surface area contributed by atoms with Gasteiger partial charge in [-0.1, -0.05) is 38.1 Å². The molecule has 1 saturated heterocycles. The van der Waals surface area contributed by atoms with E-state index in [9.17, 15) is 4.39 Å². The molecule has 1 aromatic rings. The fourth-order valence-electron chi connectivity index (χ4n) is 2.44. The molecule has 0 spiro atoms. The molecule has 1 unspecified atom stereocenters. The van der Waals surface area contributed by atoms with Crippen molar-refractivity contribution in [3.05, 3.63) is 48.6 Å². The van der Waals surface area contributed by atoms with Crippen LogP contribution in [0.25, 0.3) is 0 Å². The third kappa shape index (κ3) is 8.57. The Morgan fingerprint density at radius 2 is 1.79 bits per heavy atom. The van der Waals surface area contributed by atoms with Crippen LogP contribution < -0.4 is 5.32 Å². The van der Waals surface area contributed by atoms with Gasteiger partial charge in [0.1, 0.15) is 6.67 Å². The Labute approximate surface area is 148 Å². The molecule has 0 aliphatic carbocycles. The van der Waals surface area contributed by atoms with Crippen LogP contribution in [0, 0.1) is 0 Å². The molecule has 3 nitrogen and oxygen atoms in total. The predicted octanol–water partition coefficient (Wildman–Crippen LogP) is 3.88. The molecule has 0 radical (unpaired) electrons. The monoisotopic (exact) mass is 337 g/mol. The number of alkyl halides is 1. The average molecular weight is 338 g/mol. The van der Waals surface area contributed by atoms with Crippen molar-refractivity contribution in [3.8, 4) is 0 Å². The van der Waals surface area contributed by atoms with E-state index in [1.54, 1.807) is 0 Å². The summed E-state index contributed by atoms with van der Waals surface area (Å²) in [5.74, 6) is 0. The zero-order chi connectivity index (χ0) is 18.4. The van der Waals surface area contributed by atoms with E-state index in [0.717, 1.165) is 44.8 Å². The van der Waals surface area contributed by atoms with E-state index in [1.807, 2.05) is 18.2 Å². The van der Waals surface area contributed by atoms with Crippen molar-refractivity contribution >= 4 is 0 Å². The molecule has 0 amide bonds. The molecule has 0 bridgehead atoms. The van der Waals surface area contributed by atoms with Crippen LogP contribution in [0.4, 0.5) is 4.39 Å². The number of halogens is 1. The summed E-state index contributed by atoms with van der Waals surface area (Å²) < 4.78 is 12.6. The second-order valence-corrected chi connectivity index (χ2v) is 5.83. The third-order valence-electron chi connectivity index (χ3n) is 4.37. The first-order valence-electron chi connectivity index (χ1n) is 8.90. The van der Waals surface area contributed by atoms with Crippen molar-refractivity contribution in [2.24, 2.45) is 0 Å². The van der Waals surface area contributed by atoms with Crippen molar-refractivity contribution in [2.75, 3.05) is 46.3 Å². The maximum atomic E-state index is 12.6. The summed E-state index contributed by atoms with van der Waals surface area (Å²) in [6.07, 6.45) is 0. The topological polar surface area (TPSA) is 18.5 Å². The highest BCUT2D eigenvalue weighted by Crippen LogP contribution is 2.21. The van der Waals surface area contributed by atoms with Gasteiger partial charge in [0.15, 0.2) is 0 Å². The summed E-state index contributed by atoms with van der Waals surface area (Å²) >= 11 is 0. The molecule has 138 valence electrons. The van der Waals surface area contributed by atoms with Gasteiger partial charge in [0, 0.05) is 32.2 Å². The highest BCUT2D eigenvalue weighted by molar-refractivity contribution is 5.25. The van der Waals surface area contributed by atoms with Gasteiger partial charge in [-0.05, 0) is 38.2 Å². The van der Waals surface area contributed by atoms with Crippen LogP contribution in [0.15, 0.2) is 37.4 Å². The zero-order valence-corrected chi connectivity index (χ0v) is 16.0. The Hall–Kier alpha value is -1.23. The highest BCUT2D eigenvalue weighted by Gasteiger charge is 2.17. The SMILES string of the molecule is C=C.CC(c1cccc(CF)c1)N1CCNCC1.CCN(C)CC. The second-order valence-electron chi connectivity index (χ2n) is 5.83. The minimum Gasteiger partial charge on any atom is -0.314 e. The predicted molar refractivity (Wildman–Crippen MR) is 104 cm³/mol. The fraction of sp³-hybridized carbons (Fsp3) is 0.600. The standard InChI is InChI=1S/C13H19FN2.C5H13N.C2H4/c1-11(16-7-5-15-6-8-16)13-4-2-3-12(9-13)10-14;1-4-6(3)5-2;1-2/h2-4,9,11,15H,5-8,10H2,1H3;4-5H2,1-3H3;1-2H2. The minimum atomic E-state index is -0.373. The van der Waals surface area contributed by atoms with Gasteiger partial charge in [-0.25, -0.2) is 4.39 Å². The Kier molecular flexibility index (Phi) is 13.4. The smallest absolute Gasteiger partial charge is 0.115 e. The van der Waals surface area contributed by atoms with E-state index in [0.29, 0.717) is 6.04 Å². The molecule has 1 aliphatic heterocycles. The van der Waals surface area contributed by atoms with Crippen molar-refractivity contribution in [3.63, 3.8) is 0 Å². The van der Waals surface area contributed by atoms with Crippen LogP contribution in [0.1, 0.15) is 37.9 Å². The van der Waals surface area contributed by atoms with Gasteiger partial charge in [0.25, 0.3) is 0 Å². The first-order valence-corrected chi connectivity index (χ1v) is 8.90. The number of hydrogen-bond acceptors (Lipinski definition) is 3. The molecular formula is C20H36FN3. The van der Waals surface area contributed by atoms with E-state index in [-0.39, 0.29) is 6.67 Å². The number of nitrogens with zero attached hydrogens (tertiary/aromatic N) is 2. The van der Waals surface area contributed by atoms with Crippen LogP contribution in [-0.4, -0.2) is 56.1 Å². The summed E-state index contributed by atoms with van der Waals surface area (Å²) in [5.41, 5.74) is 2.00. The molecule has 4 heteroatoms. The number of benzene rings is 1. The first-order chi connectivity index (χ1) is 11.6. The zero-order valence-electron chi connectivity index (χ0n) is 16.0.